The minimum absolute atomic E-state index is 0. The van der Waals surface area contributed by atoms with Gasteiger partial charge in [0.1, 0.15) is 5.82 Å². The number of aromatic nitrogens is 2. The molecule has 0 bridgehead atoms. The Hall–Kier alpha value is 0.175. The predicted molar refractivity (Wildman–Crippen MR) is 44.7 cm³/mol. The molecule has 0 atom stereocenters. The molecule has 1 heterocycles. The fraction of sp³-hybridized carbons (Fsp3) is 0.125. The summed E-state index contributed by atoms with van der Waals surface area (Å²) in [6, 6.07) is 1.88. The first-order chi connectivity index (χ1) is 5.63. The largest absolute Gasteiger partial charge is 0.464 e. The Balaban J connectivity index is -0.000000480. The molecule has 0 aliphatic rings. The Morgan fingerprint density at radius 1 is 1.60 bits per heavy atom. The maximum atomic E-state index is 8.51. The van der Waals surface area contributed by atoms with Crippen molar-refractivity contribution in [2.24, 2.45) is 0 Å². The number of nitrogens with two attached hydrogens (primary N) is 1. The molecule has 0 aliphatic heterocycles. The van der Waals surface area contributed by atoms with Crippen LogP contribution in [-0.4, -0.2) is 9.78 Å². The van der Waals surface area contributed by atoms with Gasteiger partial charge in [0.2, 0.25) is 0 Å². The van der Waals surface area contributed by atoms with Gasteiger partial charge in [0.05, 0.1) is 6.07 Å². The number of nitriles is 1. The first kappa shape index (κ1) is 20.6. The Morgan fingerprint density at radius 3 is 2.47 bits per heavy atom. The second kappa shape index (κ2) is 9.40. The Kier molecular flexibility index (Phi) is 12.9. The first-order valence-corrected chi connectivity index (χ1v) is 3.31. The smallest absolute Gasteiger partial charge is 0.134 e. The number of anilines is 1. The van der Waals surface area contributed by atoms with Crippen molar-refractivity contribution in [2.75, 3.05) is 5.73 Å². The zero-order valence-corrected chi connectivity index (χ0v) is 16.7. The van der Waals surface area contributed by atoms with E-state index in [0.717, 1.165) is 5.57 Å². The number of nitrogens with zero attached hydrogens (tertiary/aromatic N) is 3. The van der Waals surface area contributed by atoms with E-state index < -0.39 is 0 Å². The van der Waals surface area contributed by atoms with E-state index in [2.05, 4.69) is 17.9 Å². The van der Waals surface area contributed by atoms with E-state index in [4.69, 9.17) is 11.0 Å². The quantitative estimate of drug-likeness (QED) is 0.461. The van der Waals surface area contributed by atoms with Crippen LogP contribution in [0.4, 0.5) is 5.82 Å². The first-order valence-electron chi connectivity index (χ1n) is 3.31. The average Bonchev–Trinajstić information content (AvgIpc) is 2.29. The van der Waals surface area contributed by atoms with Gasteiger partial charge in [0.25, 0.3) is 0 Å². The van der Waals surface area contributed by atoms with Crippen LogP contribution in [-0.2, 0) is 63.2 Å². The van der Waals surface area contributed by atoms with Crippen LogP contribution in [0.5, 0.6) is 0 Å². The molecule has 15 heavy (non-hydrogen) atoms. The molecule has 7 heteroatoms. The molecule has 0 aromatic carbocycles. The summed E-state index contributed by atoms with van der Waals surface area (Å²) in [6.45, 7) is 7.11. The molecule has 0 saturated heterocycles. The molecular weight excluding hydrogens is 704 g/mol. The second-order valence-electron chi connectivity index (χ2n) is 2.40. The average molecular weight is 712 g/mol. The summed E-state index contributed by atoms with van der Waals surface area (Å²) in [5.74, 6) is 0.190. The van der Waals surface area contributed by atoms with E-state index in [1.54, 1.807) is 6.54 Å². The third kappa shape index (κ3) is 6.36. The third-order valence-electron chi connectivity index (χ3n) is 1.15. The number of nitrogen functional groups attached to an aromatic ring is 1. The van der Waals surface area contributed by atoms with Crippen LogP contribution in [0.15, 0.2) is 12.2 Å². The summed E-state index contributed by atoms with van der Waals surface area (Å²) in [4.78, 5) is 0. The van der Waals surface area contributed by atoms with E-state index >= 15 is 0 Å². The van der Waals surface area contributed by atoms with Crippen molar-refractivity contribution < 1.29 is 63.2 Å². The fourth-order valence-electron chi connectivity index (χ4n) is 0.715. The molecule has 1 aromatic rings. The predicted octanol–water partition coefficient (Wildman–Crippen LogP) is 0.716. The van der Waals surface area contributed by atoms with Crippen LogP contribution in [0.3, 0.4) is 0 Å². The van der Waals surface area contributed by atoms with Gasteiger partial charge >= 0.3 is 0 Å². The summed E-state index contributed by atoms with van der Waals surface area (Å²) in [5, 5.41) is 12.3. The third-order valence-corrected chi connectivity index (χ3v) is 1.15. The topological polar surface area (TPSA) is 67.6 Å². The number of rotatable bonds is 2. The van der Waals surface area contributed by atoms with Gasteiger partial charge in [0, 0.05) is 63.2 Å². The van der Waals surface area contributed by atoms with Crippen molar-refractivity contribution in [3.63, 3.8) is 0 Å². The van der Waals surface area contributed by atoms with Crippen LogP contribution < -0.4 is 5.73 Å². The van der Waals surface area contributed by atoms with Crippen molar-refractivity contribution in [2.45, 2.75) is 6.92 Å². The van der Waals surface area contributed by atoms with Crippen LogP contribution in [0, 0.1) is 24.1 Å². The molecule has 0 aliphatic carbocycles. The number of hydrogen-bond donors (Lipinski definition) is 1. The molecule has 1 rings (SSSR count). The van der Waals surface area contributed by atoms with Gasteiger partial charge in [-0.05, 0) is 5.56 Å². The minimum Gasteiger partial charge on any atom is -0.464 e. The summed E-state index contributed by atoms with van der Waals surface area (Å²) < 4.78 is 1.36. The Bertz CT molecular complexity index is 353. The molecule has 1 aromatic heterocycles. The summed E-state index contributed by atoms with van der Waals surface area (Å²) in [5.41, 5.74) is 6.47. The molecule has 0 radical (unpaired) electrons. The summed E-state index contributed by atoms with van der Waals surface area (Å²) in [6.07, 6.45) is 2.67. The van der Waals surface area contributed by atoms with E-state index in [9.17, 15) is 0 Å². The van der Waals surface area contributed by atoms with Crippen LogP contribution in [0.25, 0.3) is 0 Å². The maximum Gasteiger partial charge on any atom is 0.134 e. The zero-order valence-electron chi connectivity index (χ0n) is 7.93. The van der Waals surface area contributed by atoms with E-state index in [1.165, 1.54) is 4.68 Å². The molecule has 4 nitrogen and oxygen atoms in total. The van der Waals surface area contributed by atoms with Crippen LogP contribution in [0.2, 0.25) is 0 Å². The van der Waals surface area contributed by atoms with Gasteiger partial charge in [-0.2, -0.15) is 16.9 Å². The van der Waals surface area contributed by atoms with Gasteiger partial charge in [0.15, 0.2) is 0 Å². The zero-order chi connectivity index (χ0) is 9.14. The van der Waals surface area contributed by atoms with Gasteiger partial charge in [-0.3, -0.25) is 12.2 Å². The molecular formula is C8H8N4W3-2. The summed E-state index contributed by atoms with van der Waals surface area (Å²) in [7, 11) is 0. The molecule has 0 spiro atoms. The monoisotopic (exact) mass is 712 g/mol. The van der Waals surface area contributed by atoms with Gasteiger partial charge in [-0.25, -0.2) is 6.20 Å². The molecule has 0 unspecified atom stereocenters. The fourth-order valence-corrected chi connectivity index (χ4v) is 0.715. The van der Waals surface area contributed by atoms with Crippen LogP contribution >= 0.6 is 0 Å². The number of allylic oxidation sites excluding steroid dienone is 1. The maximum absolute atomic E-state index is 8.51. The Labute approximate surface area is 132 Å². The molecule has 2 N–H and O–H groups in total. The molecule has 80 valence electrons. The van der Waals surface area contributed by atoms with E-state index in [1.807, 2.05) is 13.0 Å². The van der Waals surface area contributed by atoms with Crippen molar-refractivity contribution in [1.82, 2.24) is 9.78 Å². The normalized spacial score (nSPS) is 7.20. The Morgan fingerprint density at radius 2 is 2.13 bits per heavy atom. The molecule has 0 amide bonds. The van der Waals surface area contributed by atoms with Crippen molar-refractivity contribution >= 4 is 5.82 Å². The second-order valence-corrected chi connectivity index (χ2v) is 2.40. The van der Waals surface area contributed by atoms with Gasteiger partial charge < -0.3 is 10.4 Å². The van der Waals surface area contributed by atoms with Crippen molar-refractivity contribution in [3.05, 3.63) is 30.5 Å². The molecule has 0 fully saturated rings. The summed E-state index contributed by atoms with van der Waals surface area (Å²) >= 11 is 0. The van der Waals surface area contributed by atoms with Gasteiger partial charge in [-0.15, -0.1) is 0 Å². The van der Waals surface area contributed by atoms with Crippen molar-refractivity contribution in [1.29, 1.82) is 5.26 Å². The SMILES string of the molecule is C=C(C)[CH-]n1[c-]c(C#N)c(N)n1.[W].[W].[W]. The minimum atomic E-state index is 0. The van der Waals surface area contributed by atoms with E-state index in [-0.39, 0.29) is 74.6 Å². The van der Waals surface area contributed by atoms with Gasteiger partial charge in [-0.1, -0.05) is 6.92 Å². The standard InChI is InChI=1S/C8H8N4.3W/c1-6(2)4-12-5-7(3-9)8(10)11-12;;;/h4H,1H2,2H3,(H2,10,11);;;/q-2;;;. The van der Waals surface area contributed by atoms with E-state index in [0.29, 0.717) is 0 Å². The van der Waals surface area contributed by atoms with Crippen molar-refractivity contribution in [3.8, 4) is 6.07 Å². The number of hydrogen-bond acceptors (Lipinski definition) is 3. The molecule has 0 saturated carbocycles. The van der Waals surface area contributed by atoms with Crippen LogP contribution in [0.1, 0.15) is 12.5 Å².